The Balaban J connectivity index is 1.85. The summed E-state index contributed by atoms with van der Waals surface area (Å²) in [5, 5.41) is 6.68. The number of benzene rings is 2. The van der Waals surface area contributed by atoms with E-state index in [1.807, 2.05) is 57.5 Å². The number of nitrogens with two attached hydrogens (primary N) is 1. The molecule has 2 aromatic carbocycles. The second-order valence-corrected chi connectivity index (χ2v) is 7.05. The van der Waals surface area contributed by atoms with Crippen LogP contribution in [0.15, 0.2) is 42.6 Å². The highest BCUT2D eigenvalue weighted by Gasteiger charge is 2.13. The van der Waals surface area contributed by atoms with Gasteiger partial charge in [0.05, 0.1) is 16.4 Å². The maximum atomic E-state index is 6.49. The topological polar surface area (TPSA) is 56.3 Å². The smallest absolute Gasteiger partial charge is 0.138 e. The minimum atomic E-state index is 0.405. The summed E-state index contributed by atoms with van der Waals surface area (Å²) in [6.07, 6.45) is 2.90. The lowest BCUT2D eigenvalue weighted by Crippen LogP contribution is -2.27. The number of anilines is 1. The van der Waals surface area contributed by atoms with Crippen LogP contribution in [-0.2, 0) is 20.1 Å². The van der Waals surface area contributed by atoms with Gasteiger partial charge in [-0.3, -0.25) is 4.68 Å². The number of ether oxygens (including phenoxy) is 1. The standard InChI is InChI=1S/C21H25ClN4O/c1-5-15-7-6-8-19(26(4)23)17(15)13-27-20-10-9-16(11-18(20)22)21-14(2)12-25(3)24-21/h6-12H,5,13,23H2,1-4H3. The molecule has 3 aromatic rings. The van der Waals surface area contributed by atoms with E-state index in [2.05, 4.69) is 18.1 Å². The quantitative estimate of drug-likeness (QED) is 0.502. The van der Waals surface area contributed by atoms with Gasteiger partial charge in [0, 0.05) is 31.4 Å². The van der Waals surface area contributed by atoms with E-state index in [-0.39, 0.29) is 0 Å². The van der Waals surface area contributed by atoms with Gasteiger partial charge in [0.25, 0.3) is 0 Å². The van der Waals surface area contributed by atoms with Gasteiger partial charge in [0.2, 0.25) is 0 Å². The Labute approximate surface area is 165 Å². The van der Waals surface area contributed by atoms with E-state index >= 15 is 0 Å². The van der Waals surface area contributed by atoms with Crippen LogP contribution in [0.1, 0.15) is 23.6 Å². The van der Waals surface area contributed by atoms with E-state index in [4.69, 9.17) is 22.2 Å². The van der Waals surface area contributed by atoms with E-state index in [0.29, 0.717) is 17.4 Å². The summed E-state index contributed by atoms with van der Waals surface area (Å²) in [6, 6.07) is 11.9. The Hall–Kier alpha value is -2.50. The summed E-state index contributed by atoms with van der Waals surface area (Å²) in [4.78, 5) is 0. The van der Waals surface area contributed by atoms with Crippen molar-refractivity contribution in [1.29, 1.82) is 0 Å². The molecule has 27 heavy (non-hydrogen) atoms. The average Bonchev–Trinajstić information content (AvgIpc) is 2.98. The van der Waals surface area contributed by atoms with Crippen molar-refractivity contribution in [2.75, 3.05) is 12.1 Å². The molecule has 0 aliphatic carbocycles. The molecule has 0 unspecified atom stereocenters. The number of aryl methyl sites for hydroxylation is 3. The van der Waals surface area contributed by atoms with Crippen molar-refractivity contribution in [1.82, 2.24) is 9.78 Å². The zero-order valence-electron chi connectivity index (χ0n) is 16.2. The molecule has 6 heteroatoms. The lowest BCUT2D eigenvalue weighted by Gasteiger charge is -2.20. The minimum absolute atomic E-state index is 0.405. The predicted octanol–water partition coefficient (Wildman–Crippen LogP) is 4.50. The van der Waals surface area contributed by atoms with Crippen molar-refractivity contribution in [3.05, 3.63) is 64.3 Å². The van der Waals surface area contributed by atoms with Crippen LogP contribution in [0, 0.1) is 6.92 Å². The Kier molecular flexibility index (Phi) is 5.73. The van der Waals surface area contributed by atoms with Crippen LogP contribution in [0.4, 0.5) is 5.69 Å². The van der Waals surface area contributed by atoms with E-state index in [1.54, 1.807) is 9.69 Å². The third-order valence-corrected chi connectivity index (χ3v) is 4.89. The second kappa shape index (κ2) is 8.03. The Morgan fingerprint density at radius 3 is 2.63 bits per heavy atom. The van der Waals surface area contributed by atoms with Crippen LogP contribution < -0.4 is 15.6 Å². The van der Waals surface area contributed by atoms with Gasteiger partial charge in [-0.1, -0.05) is 30.7 Å². The van der Waals surface area contributed by atoms with Crippen molar-refractivity contribution in [2.24, 2.45) is 12.9 Å². The maximum absolute atomic E-state index is 6.49. The van der Waals surface area contributed by atoms with Gasteiger partial charge in [-0.25, -0.2) is 5.84 Å². The number of hydrogen-bond acceptors (Lipinski definition) is 4. The van der Waals surface area contributed by atoms with Crippen molar-refractivity contribution >= 4 is 17.3 Å². The van der Waals surface area contributed by atoms with Crippen molar-refractivity contribution in [3.63, 3.8) is 0 Å². The number of hydrazine groups is 1. The second-order valence-electron chi connectivity index (χ2n) is 6.65. The average molecular weight is 385 g/mol. The maximum Gasteiger partial charge on any atom is 0.138 e. The fraction of sp³-hybridized carbons (Fsp3) is 0.286. The van der Waals surface area contributed by atoms with E-state index < -0.39 is 0 Å². The molecule has 0 radical (unpaired) electrons. The Bertz CT molecular complexity index is 949. The van der Waals surface area contributed by atoms with Gasteiger partial charge in [-0.15, -0.1) is 0 Å². The summed E-state index contributed by atoms with van der Waals surface area (Å²) in [5.41, 5.74) is 6.24. The minimum Gasteiger partial charge on any atom is -0.487 e. The Morgan fingerprint density at radius 2 is 2.04 bits per heavy atom. The zero-order chi connectivity index (χ0) is 19.6. The van der Waals surface area contributed by atoms with Crippen LogP contribution in [0.3, 0.4) is 0 Å². The summed E-state index contributed by atoms with van der Waals surface area (Å²) in [6.45, 7) is 4.56. The fourth-order valence-electron chi connectivity index (χ4n) is 3.26. The molecule has 0 bridgehead atoms. The van der Waals surface area contributed by atoms with Crippen molar-refractivity contribution in [3.8, 4) is 17.0 Å². The van der Waals surface area contributed by atoms with Gasteiger partial charge in [-0.05, 0) is 48.7 Å². The monoisotopic (exact) mass is 384 g/mol. The molecule has 5 nitrogen and oxygen atoms in total. The number of rotatable bonds is 6. The fourth-order valence-corrected chi connectivity index (χ4v) is 3.49. The van der Waals surface area contributed by atoms with Crippen molar-refractivity contribution in [2.45, 2.75) is 26.9 Å². The first-order valence-corrected chi connectivity index (χ1v) is 9.30. The predicted molar refractivity (Wildman–Crippen MR) is 111 cm³/mol. The molecular weight excluding hydrogens is 360 g/mol. The molecule has 0 spiro atoms. The zero-order valence-corrected chi connectivity index (χ0v) is 16.9. The number of halogens is 1. The van der Waals surface area contributed by atoms with Crippen LogP contribution in [0.25, 0.3) is 11.3 Å². The lowest BCUT2D eigenvalue weighted by molar-refractivity contribution is 0.305. The molecule has 0 atom stereocenters. The molecule has 3 rings (SSSR count). The van der Waals surface area contributed by atoms with Gasteiger partial charge >= 0.3 is 0 Å². The highest BCUT2D eigenvalue weighted by atomic mass is 35.5. The Morgan fingerprint density at radius 1 is 1.26 bits per heavy atom. The molecule has 0 saturated carbocycles. The molecule has 0 aliphatic rings. The first-order chi connectivity index (χ1) is 12.9. The largest absolute Gasteiger partial charge is 0.487 e. The molecule has 0 amide bonds. The molecule has 142 valence electrons. The highest BCUT2D eigenvalue weighted by Crippen LogP contribution is 2.32. The van der Waals surface area contributed by atoms with Gasteiger partial charge in [0.1, 0.15) is 12.4 Å². The van der Waals surface area contributed by atoms with Gasteiger partial charge in [-0.2, -0.15) is 5.10 Å². The summed E-state index contributed by atoms with van der Waals surface area (Å²) in [5.74, 6) is 6.62. The third kappa shape index (κ3) is 4.10. The summed E-state index contributed by atoms with van der Waals surface area (Å²) < 4.78 is 7.84. The van der Waals surface area contributed by atoms with Crippen LogP contribution >= 0.6 is 11.6 Å². The molecule has 2 N–H and O–H groups in total. The third-order valence-electron chi connectivity index (χ3n) is 4.60. The lowest BCUT2D eigenvalue weighted by atomic mass is 10.0. The summed E-state index contributed by atoms with van der Waals surface area (Å²) >= 11 is 6.49. The normalized spacial score (nSPS) is 10.9. The molecule has 0 saturated heterocycles. The van der Waals surface area contributed by atoms with Crippen molar-refractivity contribution < 1.29 is 4.74 Å². The summed E-state index contributed by atoms with van der Waals surface area (Å²) in [7, 11) is 3.74. The number of nitrogens with zero attached hydrogens (tertiary/aromatic N) is 3. The van der Waals surface area contributed by atoms with E-state index in [9.17, 15) is 0 Å². The van der Waals surface area contributed by atoms with E-state index in [0.717, 1.165) is 34.5 Å². The van der Waals surface area contributed by atoms with Crippen LogP contribution in [-0.4, -0.2) is 16.8 Å². The van der Waals surface area contributed by atoms with Gasteiger partial charge in [0.15, 0.2) is 0 Å². The molecule has 0 fully saturated rings. The van der Waals surface area contributed by atoms with Crippen LogP contribution in [0.5, 0.6) is 5.75 Å². The molecule has 1 heterocycles. The molecule has 1 aromatic heterocycles. The molecule has 0 aliphatic heterocycles. The number of aromatic nitrogens is 2. The SMILES string of the molecule is CCc1cccc(N(C)N)c1COc1ccc(-c2nn(C)cc2C)cc1Cl. The van der Waals surface area contributed by atoms with Crippen LogP contribution in [0.2, 0.25) is 5.02 Å². The first-order valence-electron chi connectivity index (χ1n) is 8.92. The van der Waals surface area contributed by atoms with E-state index in [1.165, 1.54) is 5.56 Å². The van der Waals surface area contributed by atoms with Gasteiger partial charge < -0.3 is 9.75 Å². The molecular formula is C21H25ClN4O. The number of hydrogen-bond donors (Lipinski definition) is 1. The highest BCUT2D eigenvalue weighted by molar-refractivity contribution is 6.32. The first kappa shape index (κ1) is 19.3.